The summed E-state index contributed by atoms with van der Waals surface area (Å²) in [4.78, 5) is 0. The average molecular weight is 436 g/mol. The minimum atomic E-state index is -3.26. The van der Waals surface area contributed by atoms with Crippen molar-refractivity contribution in [3.8, 4) is 0 Å². The minimum Gasteiger partial charge on any atom is -0.203 e. The maximum absolute atomic E-state index is 13.5. The van der Waals surface area contributed by atoms with E-state index < -0.39 is 58.1 Å². The normalized spacial score (nSPS) is 22.9. The summed E-state index contributed by atoms with van der Waals surface area (Å²) in [7, 11) is 0. The Kier molecular flexibility index (Phi) is 5.44. The Bertz CT molecular complexity index is 928. The SMILES string of the molecule is Cc1cc2c(c(F)c1F)C(F)(F)C(C)C2.Cc1cc2c(c(F)c1F)C(F)(F)C(C)C2. The summed E-state index contributed by atoms with van der Waals surface area (Å²) in [5.41, 5.74) is -0.892. The number of fused-ring (bicyclic) bond motifs is 2. The highest BCUT2D eigenvalue weighted by atomic mass is 19.3. The van der Waals surface area contributed by atoms with Crippen molar-refractivity contribution in [3.63, 3.8) is 0 Å². The molecule has 2 aliphatic carbocycles. The molecule has 4 rings (SSSR count). The van der Waals surface area contributed by atoms with Crippen molar-refractivity contribution >= 4 is 0 Å². The Labute approximate surface area is 168 Å². The quantitative estimate of drug-likeness (QED) is 0.386. The van der Waals surface area contributed by atoms with Gasteiger partial charge >= 0.3 is 0 Å². The van der Waals surface area contributed by atoms with Crippen molar-refractivity contribution in [2.24, 2.45) is 11.8 Å². The lowest BCUT2D eigenvalue weighted by Crippen LogP contribution is -2.19. The van der Waals surface area contributed by atoms with E-state index in [1.807, 2.05) is 0 Å². The van der Waals surface area contributed by atoms with Crippen LogP contribution in [0.1, 0.15) is 47.2 Å². The first-order chi connectivity index (χ1) is 13.7. The average Bonchev–Trinajstić information content (AvgIpc) is 3.00. The van der Waals surface area contributed by atoms with Gasteiger partial charge in [-0.25, -0.2) is 35.1 Å². The van der Waals surface area contributed by atoms with Crippen LogP contribution < -0.4 is 0 Å². The zero-order valence-corrected chi connectivity index (χ0v) is 16.7. The van der Waals surface area contributed by atoms with Crippen molar-refractivity contribution in [1.82, 2.24) is 0 Å². The standard InChI is InChI=1S/2C11H10F4/c2*1-5-3-7-4-6(2)11(14,15)8(7)10(13)9(5)12/h2*3,6H,4H2,1-2H3. The van der Waals surface area contributed by atoms with Crippen LogP contribution in [0.25, 0.3) is 0 Å². The number of hydrogen-bond donors (Lipinski definition) is 0. The van der Waals surface area contributed by atoms with Gasteiger partial charge in [-0.1, -0.05) is 26.0 Å². The van der Waals surface area contributed by atoms with Crippen molar-refractivity contribution in [1.29, 1.82) is 0 Å². The molecule has 0 fully saturated rings. The van der Waals surface area contributed by atoms with Gasteiger partial charge in [0, 0.05) is 11.8 Å². The molecule has 30 heavy (non-hydrogen) atoms. The predicted octanol–water partition coefficient (Wildman–Crippen LogP) is 7.11. The molecule has 0 amide bonds. The highest BCUT2D eigenvalue weighted by Gasteiger charge is 2.49. The fourth-order valence-corrected chi connectivity index (χ4v) is 4.09. The van der Waals surface area contributed by atoms with Gasteiger partial charge in [0.15, 0.2) is 23.3 Å². The van der Waals surface area contributed by atoms with Gasteiger partial charge in [-0.15, -0.1) is 0 Å². The van der Waals surface area contributed by atoms with Gasteiger partial charge in [0.2, 0.25) is 0 Å². The highest BCUT2D eigenvalue weighted by molar-refractivity contribution is 5.42. The van der Waals surface area contributed by atoms with Crippen LogP contribution in [-0.2, 0) is 24.7 Å². The van der Waals surface area contributed by atoms with E-state index >= 15 is 0 Å². The smallest absolute Gasteiger partial charge is 0.203 e. The molecule has 0 heterocycles. The molecule has 0 saturated carbocycles. The fraction of sp³-hybridized carbons (Fsp3) is 0.455. The number of alkyl halides is 4. The van der Waals surface area contributed by atoms with Crippen LogP contribution in [0.3, 0.4) is 0 Å². The summed E-state index contributed by atoms with van der Waals surface area (Å²) in [5.74, 6) is -13.6. The third-order valence-corrected chi connectivity index (χ3v) is 5.90. The molecule has 0 aliphatic heterocycles. The van der Waals surface area contributed by atoms with Crippen LogP contribution in [0.2, 0.25) is 0 Å². The molecule has 0 radical (unpaired) electrons. The first-order valence-electron chi connectivity index (χ1n) is 9.42. The summed E-state index contributed by atoms with van der Waals surface area (Å²) in [5, 5.41) is 0. The van der Waals surface area contributed by atoms with Crippen molar-refractivity contribution in [2.45, 2.75) is 52.4 Å². The Morgan fingerprint density at radius 2 is 0.933 bits per heavy atom. The zero-order valence-electron chi connectivity index (χ0n) is 16.7. The van der Waals surface area contributed by atoms with E-state index in [0.717, 1.165) is 0 Å². The third-order valence-electron chi connectivity index (χ3n) is 5.90. The molecule has 0 aromatic heterocycles. The topological polar surface area (TPSA) is 0 Å². The van der Waals surface area contributed by atoms with Crippen LogP contribution >= 0.6 is 0 Å². The number of hydrogen-bond acceptors (Lipinski definition) is 0. The molecular formula is C22H20F8. The summed E-state index contributed by atoms with van der Waals surface area (Å²) < 4.78 is 107. The van der Waals surface area contributed by atoms with Crippen LogP contribution in [0, 0.1) is 49.0 Å². The lowest BCUT2D eigenvalue weighted by atomic mass is 10.0. The van der Waals surface area contributed by atoms with E-state index in [-0.39, 0.29) is 35.1 Å². The second kappa shape index (κ2) is 7.24. The molecule has 164 valence electrons. The summed E-state index contributed by atoms with van der Waals surface area (Å²) >= 11 is 0. The van der Waals surface area contributed by atoms with Crippen molar-refractivity contribution in [2.75, 3.05) is 0 Å². The van der Waals surface area contributed by atoms with Crippen LogP contribution in [0.4, 0.5) is 35.1 Å². The molecule has 2 atom stereocenters. The van der Waals surface area contributed by atoms with Crippen LogP contribution in [0.15, 0.2) is 12.1 Å². The molecule has 0 saturated heterocycles. The van der Waals surface area contributed by atoms with E-state index in [2.05, 4.69) is 0 Å². The van der Waals surface area contributed by atoms with Gasteiger partial charge < -0.3 is 0 Å². The number of rotatable bonds is 0. The summed E-state index contributed by atoms with van der Waals surface area (Å²) in [6.45, 7) is 5.43. The Balaban J connectivity index is 0.000000171. The largest absolute Gasteiger partial charge is 0.279 e. The second-order valence-corrected chi connectivity index (χ2v) is 8.17. The van der Waals surface area contributed by atoms with Crippen molar-refractivity contribution < 1.29 is 35.1 Å². The Morgan fingerprint density at radius 3 is 1.23 bits per heavy atom. The monoisotopic (exact) mass is 436 g/mol. The first kappa shape index (κ1) is 22.6. The van der Waals surface area contributed by atoms with Gasteiger partial charge in [0.1, 0.15) is 0 Å². The number of halogens is 8. The number of aryl methyl sites for hydroxylation is 2. The van der Waals surface area contributed by atoms with Crippen LogP contribution in [-0.4, -0.2) is 0 Å². The molecular weight excluding hydrogens is 416 g/mol. The molecule has 2 unspecified atom stereocenters. The van der Waals surface area contributed by atoms with Gasteiger partial charge in [-0.05, 0) is 48.9 Å². The fourth-order valence-electron chi connectivity index (χ4n) is 4.09. The first-order valence-corrected chi connectivity index (χ1v) is 9.42. The van der Waals surface area contributed by atoms with Gasteiger partial charge in [0.25, 0.3) is 11.8 Å². The zero-order chi connectivity index (χ0) is 22.8. The van der Waals surface area contributed by atoms with E-state index in [4.69, 9.17) is 0 Å². The maximum Gasteiger partial charge on any atom is 0.279 e. The molecule has 2 aromatic carbocycles. The number of benzene rings is 2. The molecule has 0 spiro atoms. The molecule has 2 aromatic rings. The van der Waals surface area contributed by atoms with Crippen molar-refractivity contribution in [3.05, 3.63) is 68.8 Å². The lowest BCUT2D eigenvalue weighted by molar-refractivity contribution is -0.0485. The van der Waals surface area contributed by atoms with E-state index in [1.54, 1.807) is 0 Å². The van der Waals surface area contributed by atoms with E-state index in [9.17, 15) is 35.1 Å². The molecule has 0 nitrogen and oxygen atoms in total. The lowest BCUT2D eigenvalue weighted by Gasteiger charge is -2.16. The van der Waals surface area contributed by atoms with Gasteiger partial charge in [-0.2, -0.15) is 0 Å². The van der Waals surface area contributed by atoms with Crippen LogP contribution in [0.5, 0.6) is 0 Å². The van der Waals surface area contributed by atoms with Gasteiger partial charge in [0.05, 0.1) is 11.1 Å². The predicted molar refractivity (Wildman–Crippen MR) is 95.7 cm³/mol. The Hall–Kier alpha value is -2.12. The molecule has 0 N–H and O–H groups in total. The molecule has 0 bridgehead atoms. The highest BCUT2D eigenvalue weighted by Crippen LogP contribution is 2.48. The van der Waals surface area contributed by atoms with Gasteiger partial charge in [-0.3, -0.25) is 0 Å². The molecule has 2 aliphatic rings. The second-order valence-electron chi connectivity index (χ2n) is 8.17. The summed E-state index contributed by atoms with van der Waals surface area (Å²) in [6.07, 6.45) is 0.195. The molecule has 8 heteroatoms. The van der Waals surface area contributed by atoms with E-state index in [0.29, 0.717) is 0 Å². The Morgan fingerprint density at radius 1 is 0.633 bits per heavy atom. The minimum absolute atomic E-state index is 0.0798. The summed E-state index contributed by atoms with van der Waals surface area (Å²) in [6, 6.07) is 2.62. The maximum atomic E-state index is 13.5. The third kappa shape index (κ3) is 3.28. The van der Waals surface area contributed by atoms with E-state index in [1.165, 1.54) is 39.8 Å².